The highest BCUT2D eigenvalue weighted by Crippen LogP contribution is 2.35. The van der Waals surface area contributed by atoms with Crippen LogP contribution in [0.3, 0.4) is 0 Å². The van der Waals surface area contributed by atoms with Crippen LogP contribution < -0.4 is 4.74 Å². The quantitative estimate of drug-likeness (QED) is 0.475. The summed E-state index contributed by atoms with van der Waals surface area (Å²) in [6.45, 7) is -0.802. The molecule has 0 saturated heterocycles. The molecular weight excluding hydrogens is 396 g/mol. The van der Waals surface area contributed by atoms with Crippen LogP contribution in [0.15, 0.2) is 48.7 Å². The molecular formula is C18H10ClF6NO. The molecule has 2 nitrogen and oxygen atoms in total. The lowest BCUT2D eigenvalue weighted by atomic mass is 10.2. The largest absolute Gasteiger partial charge is 0.481 e. The molecule has 0 fully saturated rings. The Hall–Kier alpha value is -2.61. The summed E-state index contributed by atoms with van der Waals surface area (Å²) >= 11 is 5.59. The molecule has 0 amide bonds. The fraction of sp³-hybridized carbons (Fsp3) is 0.111. The highest BCUT2D eigenvalue weighted by Gasteiger charge is 2.36. The first-order valence-corrected chi connectivity index (χ1v) is 7.86. The third-order valence-electron chi connectivity index (χ3n) is 3.75. The van der Waals surface area contributed by atoms with Gasteiger partial charge in [0, 0.05) is 11.9 Å². The maximum atomic E-state index is 13.7. The van der Waals surface area contributed by atoms with Crippen LogP contribution in [-0.4, -0.2) is 4.57 Å². The van der Waals surface area contributed by atoms with E-state index in [0.717, 1.165) is 41.1 Å². The van der Waals surface area contributed by atoms with Crippen molar-refractivity contribution in [2.45, 2.75) is 12.8 Å². The summed E-state index contributed by atoms with van der Waals surface area (Å²) in [7, 11) is 0. The molecule has 142 valence electrons. The SMILES string of the molecule is Fc1cc(-n2ccc(C(F)(F)F)c2COc2c(F)cccc2F)ccc1Cl. The molecule has 0 spiro atoms. The molecule has 1 aromatic heterocycles. The van der Waals surface area contributed by atoms with Crippen LogP contribution in [0.5, 0.6) is 5.75 Å². The summed E-state index contributed by atoms with van der Waals surface area (Å²) in [5.41, 5.74) is -1.48. The summed E-state index contributed by atoms with van der Waals surface area (Å²) in [4.78, 5) is 0. The first-order chi connectivity index (χ1) is 12.7. The molecule has 0 N–H and O–H groups in total. The average molecular weight is 406 g/mol. The van der Waals surface area contributed by atoms with E-state index >= 15 is 0 Å². The molecule has 0 aliphatic rings. The molecule has 0 radical (unpaired) electrons. The van der Waals surface area contributed by atoms with Gasteiger partial charge in [-0.05, 0) is 36.4 Å². The zero-order chi connectivity index (χ0) is 19.8. The monoisotopic (exact) mass is 405 g/mol. The van der Waals surface area contributed by atoms with Crippen LogP contribution in [0.2, 0.25) is 5.02 Å². The second-order valence-electron chi connectivity index (χ2n) is 5.48. The van der Waals surface area contributed by atoms with Gasteiger partial charge in [-0.3, -0.25) is 0 Å². The molecule has 9 heteroatoms. The van der Waals surface area contributed by atoms with Gasteiger partial charge in [-0.1, -0.05) is 17.7 Å². The second-order valence-corrected chi connectivity index (χ2v) is 5.89. The van der Waals surface area contributed by atoms with Gasteiger partial charge in [0.15, 0.2) is 17.4 Å². The Morgan fingerprint density at radius 2 is 1.59 bits per heavy atom. The van der Waals surface area contributed by atoms with E-state index in [1.165, 1.54) is 12.1 Å². The predicted octanol–water partition coefficient (Wildman–Crippen LogP) is 6.15. The smallest absolute Gasteiger partial charge is 0.418 e. The number of aromatic nitrogens is 1. The van der Waals surface area contributed by atoms with Crippen molar-refractivity contribution in [1.82, 2.24) is 4.57 Å². The molecule has 0 atom stereocenters. The minimum atomic E-state index is -4.75. The lowest BCUT2D eigenvalue weighted by Crippen LogP contribution is -2.13. The van der Waals surface area contributed by atoms with E-state index in [1.54, 1.807) is 0 Å². The Morgan fingerprint density at radius 3 is 2.19 bits per heavy atom. The van der Waals surface area contributed by atoms with Crippen LogP contribution in [-0.2, 0) is 12.8 Å². The molecule has 3 aromatic rings. The van der Waals surface area contributed by atoms with Gasteiger partial charge < -0.3 is 9.30 Å². The fourth-order valence-electron chi connectivity index (χ4n) is 2.51. The van der Waals surface area contributed by atoms with Gasteiger partial charge in [0.05, 0.1) is 16.3 Å². The first-order valence-electron chi connectivity index (χ1n) is 7.48. The Balaban J connectivity index is 2.04. The van der Waals surface area contributed by atoms with Crippen LogP contribution in [0.25, 0.3) is 5.69 Å². The van der Waals surface area contributed by atoms with Crippen LogP contribution >= 0.6 is 11.6 Å². The number of nitrogens with zero attached hydrogens (tertiary/aromatic N) is 1. The Morgan fingerprint density at radius 1 is 0.926 bits per heavy atom. The van der Waals surface area contributed by atoms with Crippen LogP contribution in [0.1, 0.15) is 11.3 Å². The normalized spacial score (nSPS) is 11.7. The maximum absolute atomic E-state index is 13.7. The van der Waals surface area contributed by atoms with Gasteiger partial charge >= 0.3 is 6.18 Å². The van der Waals surface area contributed by atoms with Crippen LogP contribution in [0.4, 0.5) is 26.3 Å². The van der Waals surface area contributed by atoms with Gasteiger partial charge in [-0.25, -0.2) is 13.2 Å². The molecule has 1 heterocycles. The number of halogens is 7. The second kappa shape index (κ2) is 7.19. The predicted molar refractivity (Wildman–Crippen MR) is 86.4 cm³/mol. The third kappa shape index (κ3) is 3.90. The van der Waals surface area contributed by atoms with E-state index in [1.807, 2.05) is 0 Å². The van der Waals surface area contributed by atoms with Crippen molar-refractivity contribution in [3.8, 4) is 11.4 Å². The van der Waals surface area contributed by atoms with Crippen LogP contribution in [0, 0.1) is 17.5 Å². The van der Waals surface area contributed by atoms with E-state index in [0.29, 0.717) is 0 Å². The Labute approximate surface area is 154 Å². The summed E-state index contributed by atoms with van der Waals surface area (Å²) in [5, 5.41) is -0.201. The topological polar surface area (TPSA) is 14.2 Å². The summed E-state index contributed by atoms with van der Waals surface area (Å²) in [6.07, 6.45) is -3.69. The lowest BCUT2D eigenvalue weighted by molar-refractivity contribution is -0.138. The van der Waals surface area contributed by atoms with Gasteiger partial charge in [-0.2, -0.15) is 13.2 Å². The van der Waals surface area contributed by atoms with Gasteiger partial charge in [-0.15, -0.1) is 0 Å². The molecule has 0 aliphatic carbocycles. The minimum absolute atomic E-state index is 0.0417. The lowest BCUT2D eigenvalue weighted by Gasteiger charge is -2.15. The summed E-state index contributed by atoms with van der Waals surface area (Å²) < 4.78 is 86.9. The number of para-hydroxylation sites is 1. The molecule has 3 rings (SSSR count). The molecule has 0 bridgehead atoms. The van der Waals surface area contributed by atoms with E-state index in [4.69, 9.17) is 16.3 Å². The van der Waals surface area contributed by atoms with Crippen molar-refractivity contribution in [3.05, 3.63) is 82.4 Å². The highest BCUT2D eigenvalue weighted by atomic mass is 35.5. The number of hydrogen-bond donors (Lipinski definition) is 0. The third-order valence-corrected chi connectivity index (χ3v) is 4.06. The van der Waals surface area contributed by atoms with Crippen molar-refractivity contribution in [1.29, 1.82) is 0 Å². The van der Waals surface area contributed by atoms with Crippen molar-refractivity contribution in [3.63, 3.8) is 0 Å². The number of rotatable bonds is 4. The van der Waals surface area contributed by atoms with Crippen molar-refractivity contribution in [2.75, 3.05) is 0 Å². The maximum Gasteiger partial charge on any atom is 0.418 e. The van der Waals surface area contributed by atoms with Gasteiger partial charge in [0.1, 0.15) is 12.4 Å². The molecule has 0 saturated carbocycles. The van der Waals surface area contributed by atoms with Crippen molar-refractivity contribution in [2.24, 2.45) is 0 Å². The highest BCUT2D eigenvalue weighted by molar-refractivity contribution is 6.30. The number of hydrogen-bond acceptors (Lipinski definition) is 1. The standard InChI is InChI=1S/C18H10ClF6NO/c19-12-5-4-10(8-15(12)22)26-7-6-11(18(23,24)25)16(26)9-27-17-13(20)2-1-3-14(17)21/h1-8H,9H2. The average Bonchev–Trinajstić information content (AvgIpc) is 3.01. The summed E-state index contributed by atoms with van der Waals surface area (Å²) in [6, 6.07) is 7.11. The zero-order valence-corrected chi connectivity index (χ0v) is 14.1. The number of ether oxygens (including phenoxy) is 1. The van der Waals surface area contributed by atoms with E-state index in [-0.39, 0.29) is 10.7 Å². The first kappa shape index (κ1) is 19.2. The van der Waals surface area contributed by atoms with E-state index in [9.17, 15) is 26.3 Å². The Kier molecular flexibility index (Phi) is 5.10. The number of alkyl halides is 3. The van der Waals surface area contributed by atoms with Crippen molar-refractivity contribution < 1.29 is 31.1 Å². The molecule has 0 aliphatic heterocycles. The minimum Gasteiger partial charge on any atom is -0.481 e. The van der Waals surface area contributed by atoms with Gasteiger partial charge in [0.2, 0.25) is 0 Å². The van der Waals surface area contributed by atoms with E-state index in [2.05, 4.69) is 0 Å². The zero-order valence-electron chi connectivity index (χ0n) is 13.3. The molecule has 2 aromatic carbocycles. The number of benzene rings is 2. The summed E-state index contributed by atoms with van der Waals surface area (Å²) in [5.74, 6) is -3.75. The van der Waals surface area contributed by atoms with Gasteiger partial charge in [0.25, 0.3) is 0 Å². The van der Waals surface area contributed by atoms with Crippen molar-refractivity contribution >= 4 is 11.6 Å². The van der Waals surface area contributed by atoms with E-state index < -0.39 is 47.2 Å². The fourth-order valence-corrected chi connectivity index (χ4v) is 2.63. The Bertz CT molecular complexity index is 962. The molecule has 0 unspecified atom stereocenters. The molecule has 27 heavy (non-hydrogen) atoms.